The number of fused-ring (bicyclic) bond motifs is 1. The Balaban J connectivity index is 2.06. The third-order valence-electron chi connectivity index (χ3n) is 3.43. The van der Waals surface area contributed by atoms with Gasteiger partial charge in [0.05, 0.1) is 11.8 Å². The molecule has 1 atom stereocenters. The lowest BCUT2D eigenvalue weighted by Gasteiger charge is -2.36. The highest BCUT2D eigenvalue weighted by Crippen LogP contribution is 2.36. The molecule has 0 aromatic carbocycles. The summed E-state index contributed by atoms with van der Waals surface area (Å²) >= 11 is 3.58. The zero-order valence-electron chi connectivity index (χ0n) is 12.2. The molecular formula is C15H23NOS2. The van der Waals surface area contributed by atoms with Crippen LogP contribution in [0, 0.1) is 0 Å². The molecule has 1 unspecified atom stereocenters. The van der Waals surface area contributed by atoms with Crippen LogP contribution in [0.1, 0.15) is 50.6 Å². The fourth-order valence-corrected chi connectivity index (χ4v) is 4.15. The Morgan fingerprint density at radius 2 is 2.26 bits per heavy atom. The molecule has 0 saturated carbocycles. The molecule has 1 aromatic heterocycles. The lowest BCUT2D eigenvalue weighted by Crippen LogP contribution is -2.40. The van der Waals surface area contributed by atoms with Gasteiger partial charge in [0.25, 0.3) is 0 Å². The minimum Gasteiger partial charge on any atom is -0.335 e. The van der Waals surface area contributed by atoms with Crippen molar-refractivity contribution < 1.29 is 4.79 Å². The van der Waals surface area contributed by atoms with Gasteiger partial charge in [0, 0.05) is 16.2 Å². The zero-order chi connectivity index (χ0) is 14.0. The first kappa shape index (κ1) is 14.9. The lowest BCUT2D eigenvalue weighted by molar-refractivity contribution is -0.131. The summed E-state index contributed by atoms with van der Waals surface area (Å²) in [4.78, 5) is 16.0. The number of rotatable bonds is 3. The van der Waals surface area contributed by atoms with Crippen LogP contribution in [-0.2, 0) is 11.2 Å². The molecule has 0 N–H and O–H groups in total. The SMILES string of the molecule is CCC1c2ccsc2CCN1C(=O)CSC(C)(C)C. The van der Waals surface area contributed by atoms with Crippen molar-refractivity contribution in [3.8, 4) is 0 Å². The van der Waals surface area contributed by atoms with E-state index >= 15 is 0 Å². The Morgan fingerprint density at radius 3 is 2.89 bits per heavy atom. The van der Waals surface area contributed by atoms with Gasteiger partial charge in [-0.15, -0.1) is 23.1 Å². The molecule has 0 saturated heterocycles. The minimum atomic E-state index is 0.153. The van der Waals surface area contributed by atoms with Gasteiger partial charge >= 0.3 is 0 Å². The second-order valence-corrected chi connectivity index (χ2v) is 8.76. The molecule has 0 aliphatic carbocycles. The first-order valence-corrected chi connectivity index (χ1v) is 8.78. The third-order valence-corrected chi connectivity index (χ3v) is 5.68. The van der Waals surface area contributed by atoms with E-state index < -0.39 is 0 Å². The average Bonchev–Trinajstić information content (AvgIpc) is 2.81. The summed E-state index contributed by atoms with van der Waals surface area (Å²) in [6, 6.07) is 2.49. The molecule has 0 bridgehead atoms. The second-order valence-electron chi connectivity index (χ2n) is 5.96. The van der Waals surface area contributed by atoms with E-state index in [1.807, 2.05) is 11.3 Å². The van der Waals surface area contributed by atoms with Crippen molar-refractivity contribution in [1.82, 2.24) is 4.90 Å². The molecule has 0 fully saturated rings. The first-order valence-electron chi connectivity index (χ1n) is 6.92. The van der Waals surface area contributed by atoms with Gasteiger partial charge in [0.15, 0.2) is 0 Å². The normalized spacial score (nSPS) is 19.4. The quantitative estimate of drug-likeness (QED) is 0.836. The van der Waals surface area contributed by atoms with Gasteiger partial charge in [-0.2, -0.15) is 0 Å². The number of hydrogen-bond donors (Lipinski definition) is 0. The third kappa shape index (κ3) is 3.54. The molecule has 0 spiro atoms. The van der Waals surface area contributed by atoms with E-state index in [9.17, 15) is 4.79 Å². The van der Waals surface area contributed by atoms with Crippen molar-refractivity contribution in [2.24, 2.45) is 0 Å². The maximum atomic E-state index is 12.5. The van der Waals surface area contributed by atoms with Crippen molar-refractivity contribution >= 4 is 29.0 Å². The first-order chi connectivity index (χ1) is 8.92. The topological polar surface area (TPSA) is 20.3 Å². The monoisotopic (exact) mass is 297 g/mol. The number of amides is 1. The number of carbonyl (C=O) groups is 1. The fraction of sp³-hybridized carbons (Fsp3) is 0.667. The van der Waals surface area contributed by atoms with E-state index in [2.05, 4.69) is 44.0 Å². The summed E-state index contributed by atoms with van der Waals surface area (Å²) in [5.74, 6) is 0.892. The van der Waals surface area contributed by atoms with Gasteiger partial charge in [-0.25, -0.2) is 0 Å². The average molecular weight is 297 g/mol. The summed E-state index contributed by atoms with van der Waals surface area (Å²) in [6.07, 6.45) is 2.03. The second kappa shape index (κ2) is 5.88. The Bertz CT molecular complexity index is 447. The minimum absolute atomic E-state index is 0.153. The van der Waals surface area contributed by atoms with E-state index in [0.29, 0.717) is 17.7 Å². The highest BCUT2D eigenvalue weighted by atomic mass is 32.2. The number of thiophene rings is 1. The van der Waals surface area contributed by atoms with E-state index in [1.165, 1.54) is 10.4 Å². The number of nitrogens with zero attached hydrogens (tertiary/aromatic N) is 1. The maximum absolute atomic E-state index is 12.5. The molecule has 106 valence electrons. The van der Waals surface area contributed by atoms with Gasteiger partial charge in [-0.3, -0.25) is 4.79 Å². The van der Waals surface area contributed by atoms with Crippen molar-refractivity contribution in [1.29, 1.82) is 0 Å². The van der Waals surface area contributed by atoms with E-state index in [0.717, 1.165) is 19.4 Å². The molecule has 1 aliphatic rings. The lowest BCUT2D eigenvalue weighted by atomic mass is 9.98. The Kier molecular flexibility index (Phi) is 4.62. The molecule has 1 aromatic rings. The summed E-state index contributed by atoms with van der Waals surface area (Å²) in [5, 5.41) is 2.16. The van der Waals surface area contributed by atoms with Crippen LogP contribution in [0.4, 0.5) is 0 Å². The maximum Gasteiger partial charge on any atom is 0.233 e. The largest absolute Gasteiger partial charge is 0.335 e. The molecule has 2 heterocycles. The molecule has 19 heavy (non-hydrogen) atoms. The predicted octanol–water partition coefficient (Wildman–Crippen LogP) is 4.12. The van der Waals surface area contributed by atoms with E-state index in [-0.39, 0.29) is 4.75 Å². The standard InChI is InChI=1S/C15H23NOS2/c1-5-12-11-7-9-18-13(11)6-8-16(12)14(17)10-19-15(2,3)4/h7,9,12H,5-6,8,10H2,1-4H3. The van der Waals surface area contributed by atoms with Gasteiger partial charge in [-0.05, 0) is 29.9 Å². The zero-order valence-corrected chi connectivity index (χ0v) is 13.9. The molecule has 2 rings (SSSR count). The smallest absolute Gasteiger partial charge is 0.233 e. The molecule has 1 aliphatic heterocycles. The van der Waals surface area contributed by atoms with Crippen LogP contribution in [0.5, 0.6) is 0 Å². The molecule has 2 nitrogen and oxygen atoms in total. The Morgan fingerprint density at radius 1 is 1.53 bits per heavy atom. The van der Waals surface area contributed by atoms with Gasteiger partial charge < -0.3 is 4.90 Å². The van der Waals surface area contributed by atoms with Crippen LogP contribution in [0.25, 0.3) is 0 Å². The van der Waals surface area contributed by atoms with Gasteiger partial charge in [0.2, 0.25) is 5.91 Å². The summed E-state index contributed by atoms with van der Waals surface area (Å²) < 4.78 is 0.153. The van der Waals surface area contributed by atoms with Crippen LogP contribution in [-0.4, -0.2) is 27.9 Å². The van der Waals surface area contributed by atoms with Gasteiger partial charge in [0.1, 0.15) is 0 Å². The summed E-state index contributed by atoms with van der Waals surface area (Å²) in [6.45, 7) is 9.55. The molecule has 1 amide bonds. The van der Waals surface area contributed by atoms with Crippen molar-refractivity contribution in [3.05, 3.63) is 21.9 Å². The van der Waals surface area contributed by atoms with Crippen LogP contribution in [0.3, 0.4) is 0 Å². The number of carbonyl (C=O) groups excluding carboxylic acids is 1. The Labute approximate surface area is 124 Å². The molecule has 0 radical (unpaired) electrons. The van der Waals surface area contributed by atoms with Crippen molar-refractivity contribution in [2.75, 3.05) is 12.3 Å². The molecular weight excluding hydrogens is 274 g/mol. The number of thioether (sulfide) groups is 1. The number of hydrogen-bond acceptors (Lipinski definition) is 3. The van der Waals surface area contributed by atoms with Crippen LogP contribution in [0.15, 0.2) is 11.4 Å². The predicted molar refractivity (Wildman–Crippen MR) is 85.0 cm³/mol. The van der Waals surface area contributed by atoms with Crippen LogP contribution in [0.2, 0.25) is 0 Å². The van der Waals surface area contributed by atoms with E-state index in [4.69, 9.17) is 0 Å². The van der Waals surface area contributed by atoms with Crippen molar-refractivity contribution in [3.63, 3.8) is 0 Å². The highest BCUT2D eigenvalue weighted by Gasteiger charge is 2.30. The van der Waals surface area contributed by atoms with Crippen LogP contribution >= 0.6 is 23.1 Å². The molecule has 4 heteroatoms. The Hall–Kier alpha value is -0.480. The van der Waals surface area contributed by atoms with E-state index in [1.54, 1.807) is 11.8 Å². The fourth-order valence-electron chi connectivity index (χ4n) is 2.50. The van der Waals surface area contributed by atoms with Crippen molar-refractivity contribution in [2.45, 2.75) is 51.3 Å². The van der Waals surface area contributed by atoms with Gasteiger partial charge in [-0.1, -0.05) is 27.7 Å². The van der Waals surface area contributed by atoms with Crippen LogP contribution < -0.4 is 0 Å². The summed E-state index contributed by atoms with van der Waals surface area (Å²) in [5.41, 5.74) is 1.38. The summed E-state index contributed by atoms with van der Waals surface area (Å²) in [7, 11) is 0. The highest BCUT2D eigenvalue weighted by molar-refractivity contribution is 8.01.